The van der Waals surface area contributed by atoms with E-state index < -0.39 is 17.5 Å². The van der Waals surface area contributed by atoms with Crippen LogP contribution in [0, 0.1) is 0 Å². The number of hydrogen-bond acceptors (Lipinski definition) is 2. The van der Waals surface area contributed by atoms with Crippen LogP contribution in [0.4, 0.5) is 13.2 Å². The van der Waals surface area contributed by atoms with Crippen molar-refractivity contribution >= 4 is 17.4 Å². The Morgan fingerprint density at radius 3 is 2.14 bits per heavy atom. The van der Waals surface area contributed by atoms with Gasteiger partial charge in [0.2, 0.25) is 0 Å². The van der Waals surface area contributed by atoms with E-state index in [-0.39, 0.29) is 11.3 Å². The van der Waals surface area contributed by atoms with Gasteiger partial charge in [-0.3, -0.25) is 4.79 Å². The van der Waals surface area contributed by atoms with Crippen molar-refractivity contribution in [2.75, 3.05) is 0 Å². The molecule has 0 saturated heterocycles. The van der Waals surface area contributed by atoms with Crippen LogP contribution in [0.5, 0.6) is 11.5 Å². The van der Waals surface area contributed by atoms with E-state index in [1.54, 1.807) is 12.1 Å². The summed E-state index contributed by atoms with van der Waals surface area (Å²) in [7, 11) is 0. The zero-order valence-corrected chi connectivity index (χ0v) is 11.6. The normalized spacial score (nSPS) is 11.3. The van der Waals surface area contributed by atoms with Crippen molar-refractivity contribution in [1.29, 1.82) is 0 Å². The Balaban J connectivity index is 2.38. The van der Waals surface area contributed by atoms with Crippen LogP contribution >= 0.6 is 11.6 Å². The van der Waals surface area contributed by atoms with Gasteiger partial charge in [0.15, 0.2) is 5.78 Å². The fourth-order valence-corrected chi connectivity index (χ4v) is 1.89. The van der Waals surface area contributed by atoms with Crippen molar-refractivity contribution in [3.63, 3.8) is 0 Å². The van der Waals surface area contributed by atoms with E-state index in [0.717, 1.165) is 19.1 Å². The van der Waals surface area contributed by atoms with Crippen LogP contribution in [0.3, 0.4) is 0 Å². The summed E-state index contributed by atoms with van der Waals surface area (Å²) in [4.78, 5) is 11.3. The average Bonchev–Trinajstić information content (AvgIpc) is 2.40. The monoisotopic (exact) mass is 314 g/mol. The highest BCUT2D eigenvalue weighted by Crippen LogP contribution is 2.35. The lowest BCUT2D eigenvalue weighted by Gasteiger charge is -2.13. The van der Waals surface area contributed by atoms with Crippen LogP contribution in [-0.4, -0.2) is 5.78 Å². The van der Waals surface area contributed by atoms with E-state index >= 15 is 0 Å². The molecule has 0 radical (unpaired) electrons. The number of halogens is 4. The van der Waals surface area contributed by atoms with Crippen molar-refractivity contribution in [1.82, 2.24) is 0 Å². The molecule has 0 aromatic heterocycles. The molecule has 0 fully saturated rings. The van der Waals surface area contributed by atoms with Gasteiger partial charge in [-0.1, -0.05) is 11.6 Å². The maximum absolute atomic E-state index is 13.0. The minimum Gasteiger partial charge on any atom is -0.457 e. The summed E-state index contributed by atoms with van der Waals surface area (Å²) >= 11 is 5.71. The maximum Gasteiger partial charge on any atom is 0.417 e. The summed E-state index contributed by atoms with van der Waals surface area (Å²) in [5.41, 5.74) is -1.40. The molecule has 0 bridgehead atoms. The highest BCUT2D eigenvalue weighted by atomic mass is 35.5. The van der Waals surface area contributed by atoms with Crippen LogP contribution < -0.4 is 4.74 Å². The molecule has 110 valence electrons. The molecular weight excluding hydrogens is 305 g/mol. The number of carbonyl (C=O) groups is 1. The van der Waals surface area contributed by atoms with Crippen LogP contribution in [0.1, 0.15) is 22.8 Å². The van der Waals surface area contributed by atoms with Gasteiger partial charge in [-0.05, 0) is 49.4 Å². The van der Waals surface area contributed by atoms with E-state index in [1.165, 1.54) is 18.2 Å². The molecule has 2 rings (SSSR count). The second-order valence-electron chi connectivity index (χ2n) is 4.32. The van der Waals surface area contributed by atoms with E-state index in [0.29, 0.717) is 10.8 Å². The Kier molecular flexibility index (Phi) is 4.23. The van der Waals surface area contributed by atoms with Crippen molar-refractivity contribution in [2.45, 2.75) is 13.1 Å². The summed E-state index contributed by atoms with van der Waals surface area (Å²) in [5.74, 6) is -0.307. The molecule has 0 aliphatic rings. The van der Waals surface area contributed by atoms with Crippen LogP contribution in [-0.2, 0) is 6.18 Å². The van der Waals surface area contributed by atoms with Crippen molar-refractivity contribution in [2.24, 2.45) is 0 Å². The minimum atomic E-state index is -4.62. The number of ether oxygens (including phenoxy) is 1. The van der Waals surface area contributed by atoms with Crippen LogP contribution in [0.2, 0.25) is 5.02 Å². The standard InChI is InChI=1S/C15H10ClF3O2/c1-9(20)13-7-6-12(8-14(13)15(17,18)19)21-11-4-2-10(16)3-5-11/h2-8H,1H3. The molecule has 21 heavy (non-hydrogen) atoms. The molecule has 0 atom stereocenters. The number of ketones is 1. The van der Waals surface area contributed by atoms with E-state index in [4.69, 9.17) is 16.3 Å². The minimum absolute atomic E-state index is 0.00496. The Hall–Kier alpha value is -2.01. The van der Waals surface area contributed by atoms with Gasteiger partial charge in [0.25, 0.3) is 0 Å². The Labute approximate surface area is 124 Å². The highest BCUT2D eigenvalue weighted by molar-refractivity contribution is 6.30. The molecule has 0 amide bonds. The van der Waals surface area contributed by atoms with E-state index in [9.17, 15) is 18.0 Å². The van der Waals surface area contributed by atoms with Gasteiger partial charge in [0.05, 0.1) is 5.56 Å². The molecule has 0 heterocycles. The maximum atomic E-state index is 13.0. The number of benzene rings is 2. The van der Waals surface area contributed by atoms with Crippen LogP contribution in [0.15, 0.2) is 42.5 Å². The van der Waals surface area contributed by atoms with Crippen molar-refractivity contribution in [3.8, 4) is 11.5 Å². The lowest BCUT2D eigenvalue weighted by atomic mass is 10.0. The fraction of sp³-hybridized carbons (Fsp3) is 0.133. The lowest BCUT2D eigenvalue weighted by molar-refractivity contribution is -0.138. The topological polar surface area (TPSA) is 26.3 Å². The third-order valence-electron chi connectivity index (χ3n) is 2.73. The lowest BCUT2D eigenvalue weighted by Crippen LogP contribution is -2.11. The first-order chi connectivity index (χ1) is 9.77. The van der Waals surface area contributed by atoms with Crippen molar-refractivity contribution < 1.29 is 22.7 Å². The third-order valence-corrected chi connectivity index (χ3v) is 2.98. The number of hydrogen-bond donors (Lipinski definition) is 0. The van der Waals surface area contributed by atoms with Gasteiger partial charge in [-0.25, -0.2) is 0 Å². The summed E-state index contributed by atoms with van der Waals surface area (Å²) in [6.07, 6.45) is -4.62. The number of alkyl halides is 3. The quantitative estimate of drug-likeness (QED) is 0.713. The second kappa shape index (κ2) is 5.77. The zero-order valence-electron chi connectivity index (χ0n) is 10.9. The molecule has 6 heteroatoms. The average molecular weight is 315 g/mol. The predicted octanol–water partition coefficient (Wildman–Crippen LogP) is 5.35. The van der Waals surface area contributed by atoms with Gasteiger partial charge in [0, 0.05) is 10.6 Å². The number of Topliss-reactive ketones (excluding diaryl/α,β-unsaturated/α-hetero) is 1. The molecule has 0 unspecified atom stereocenters. The molecule has 2 nitrogen and oxygen atoms in total. The second-order valence-corrected chi connectivity index (χ2v) is 4.75. The van der Waals surface area contributed by atoms with Gasteiger partial charge in [-0.2, -0.15) is 13.2 Å². The highest BCUT2D eigenvalue weighted by Gasteiger charge is 2.35. The molecule has 2 aromatic carbocycles. The molecule has 0 aliphatic carbocycles. The first-order valence-corrected chi connectivity index (χ1v) is 6.31. The van der Waals surface area contributed by atoms with E-state index in [2.05, 4.69) is 0 Å². The number of carbonyl (C=O) groups excluding carboxylic acids is 1. The van der Waals surface area contributed by atoms with Gasteiger partial charge in [0.1, 0.15) is 11.5 Å². The Morgan fingerprint density at radius 2 is 1.62 bits per heavy atom. The summed E-state index contributed by atoms with van der Waals surface area (Å²) in [6.45, 7) is 1.09. The van der Waals surface area contributed by atoms with Crippen molar-refractivity contribution in [3.05, 3.63) is 58.6 Å². The summed E-state index contributed by atoms with van der Waals surface area (Å²) in [5, 5.41) is 0.491. The van der Waals surface area contributed by atoms with Gasteiger partial charge < -0.3 is 4.74 Å². The molecule has 0 spiro atoms. The first kappa shape index (κ1) is 15.4. The molecule has 0 saturated carbocycles. The summed E-state index contributed by atoms with van der Waals surface area (Å²) in [6, 6.07) is 9.43. The molecule has 0 N–H and O–H groups in total. The molecular formula is C15H10ClF3O2. The fourth-order valence-electron chi connectivity index (χ4n) is 1.77. The summed E-state index contributed by atoms with van der Waals surface area (Å²) < 4.78 is 44.2. The SMILES string of the molecule is CC(=O)c1ccc(Oc2ccc(Cl)cc2)cc1C(F)(F)F. The number of rotatable bonds is 3. The Bertz CT molecular complexity index is 664. The third kappa shape index (κ3) is 3.76. The van der Waals surface area contributed by atoms with Gasteiger partial charge in [-0.15, -0.1) is 0 Å². The van der Waals surface area contributed by atoms with E-state index in [1.807, 2.05) is 0 Å². The van der Waals surface area contributed by atoms with Crippen LogP contribution in [0.25, 0.3) is 0 Å². The first-order valence-electron chi connectivity index (χ1n) is 5.93. The molecule has 0 aliphatic heterocycles. The largest absolute Gasteiger partial charge is 0.457 e. The smallest absolute Gasteiger partial charge is 0.417 e. The van der Waals surface area contributed by atoms with Gasteiger partial charge >= 0.3 is 6.18 Å². The Morgan fingerprint density at radius 1 is 1.05 bits per heavy atom. The zero-order chi connectivity index (χ0) is 15.6. The predicted molar refractivity (Wildman–Crippen MR) is 73.0 cm³/mol. The molecule has 2 aromatic rings.